The van der Waals surface area contributed by atoms with Crippen molar-refractivity contribution in [3.05, 3.63) is 72.1 Å². The lowest BCUT2D eigenvalue weighted by atomic mass is 10.1. The Labute approximate surface area is 241 Å². The second-order valence-electron chi connectivity index (χ2n) is 11.2. The summed E-state index contributed by atoms with van der Waals surface area (Å²) in [6, 6.07) is 16.1. The van der Waals surface area contributed by atoms with Crippen molar-refractivity contribution in [1.82, 2.24) is 29.4 Å². The number of hydrogen-bond donors (Lipinski definition) is 1. The summed E-state index contributed by atoms with van der Waals surface area (Å²) in [5.74, 6) is 1.47. The van der Waals surface area contributed by atoms with Gasteiger partial charge < -0.3 is 19.7 Å². The van der Waals surface area contributed by atoms with Crippen LogP contribution >= 0.6 is 0 Å². The maximum atomic E-state index is 12.3. The third-order valence-corrected chi connectivity index (χ3v) is 6.95. The summed E-state index contributed by atoms with van der Waals surface area (Å²) < 4.78 is 13.2. The second-order valence-corrected chi connectivity index (χ2v) is 11.2. The first-order chi connectivity index (χ1) is 19.8. The fourth-order valence-corrected chi connectivity index (χ4v) is 4.69. The van der Waals surface area contributed by atoms with Gasteiger partial charge in [0.15, 0.2) is 5.65 Å². The van der Waals surface area contributed by atoms with Crippen molar-refractivity contribution in [2.45, 2.75) is 46.3 Å². The van der Waals surface area contributed by atoms with Crippen LogP contribution in [0, 0.1) is 0 Å². The standard InChI is InChI=1S/C31H39N7O3/c1-5-24-22-34-38-27(19-26(35-29(24)38)25-9-7-6-8-10-25)32-20-23-11-12-28(33-21-23)40-18-17-36-13-15-37(16-14-36)30(39)41-31(2,3)4/h6-12,19,21-22,32H,5,13-18,20H2,1-4H3. The molecule has 41 heavy (non-hydrogen) atoms. The van der Waals surface area contributed by atoms with Crippen molar-refractivity contribution < 1.29 is 14.3 Å². The van der Waals surface area contributed by atoms with Gasteiger partial charge in [0.25, 0.3) is 0 Å². The van der Waals surface area contributed by atoms with Gasteiger partial charge in [-0.1, -0.05) is 43.3 Å². The van der Waals surface area contributed by atoms with Crippen LogP contribution in [0.5, 0.6) is 5.88 Å². The maximum absolute atomic E-state index is 12.3. The van der Waals surface area contributed by atoms with E-state index < -0.39 is 5.60 Å². The van der Waals surface area contributed by atoms with Crippen LogP contribution in [-0.4, -0.2) is 80.4 Å². The third-order valence-electron chi connectivity index (χ3n) is 6.95. The number of amides is 1. The fourth-order valence-electron chi connectivity index (χ4n) is 4.69. The van der Waals surface area contributed by atoms with E-state index >= 15 is 0 Å². The monoisotopic (exact) mass is 557 g/mol. The molecule has 3 aromatic heterocycles. The van der Waals surface area contributed by atoms with Gasteiger partial charge in [-0.25, -0.2) is 14.8 Å². The van der Waals surface area contributed by atoms with E-state index in [1.54, 1.807) is 4.90 Å². The zero-order chi connectivity index (χ0) is 28.8. The number of nitrogens with zero attached hydrogens (tertiary/aromatic N) is 6. The van der Waals surface area contributed by atoms with E-state index in [1.165, 1.54) is 0 Å². The predicted molar refractivity (Wildman–Crippen MR) is 159 cm³/mol. The molecule has 10 nitrogen and oxygen atoms in total. The summed E-state index contributed by atoms with van der Waals surface area (Å²) in [4.78, 5) is 25.7. The van der Waals surface area contributed by atoms with E-state index in [-0.39, 0.29) is 6.09 Å². The molecular weight excluding hydrogens is 518 g/mol. The number of hydrogen-bond acceptors (Lipinski definition) is 8. The number of anilines is 1. The molecule has 0 radical (unpaired) electrons. The van der Waals surface area contributed by atoms with Gasteiger partial charge >= 0.3 is 6.09 Å². The van der Waals surface area contributed by atoms with Gasteiger partial charge in [0.05, 0.1) is 11.9 Å². The fraction of sp³-hybridized carbons (Fsp3) is 0.419. The van der Waals surface area contributed by atoms with Crippen LogP contribution in [0.1, 0.15) is 38.8 Å². The number of piperazine rings is 1. The Kier molecular flexibility index (Phi) is 8.68. The van der Waals surface area contributed by atoms with Gasteiger partial charge in [-0.2, -0.15) is 9.61 Å². The maximum Gasteiger partial charge on any atom is 0.410 e. The molecule has 4 aromatic rings. The quantitative estimate of drug-likeness (QED) is 0.311. The van der Waals surface area contributed by atoms with Gasteiger partial charge in [0.2, 0.25) is 5.88 Å². The van der Waals surface area contributed by atoms with Crippen LogP contribution in [-0.2, 0) is 17.7 Å². The lowest BCUT2D eigenvalue weighted by Gasteiger charge is -2.35. The topological polar surface area (TPSA) is 97.1 Å². The lowest BCUT2D eigenvalue weighted by molar-refractivity contribution is 0.0136. The Balaban J connectivity index is 1.12. The minimum atomic E-state index is -0.476. The molecule has 0 bridgehead atoms. The average Bonchev–Trinajstić information content (AvgIpc) is 3.40. The molecule has 1 aliphatic rings. The number of aromatic nitrogens is 4. The third kappa shape index (κ3) is 7.32. The van der Waals surface area contributed by atoms with E-state index in [1.807, 2.05) is 74.1 Å². The van der Waals surface area contributed by atoms with Crippen molar-refractivity contribution in [3.8, 4) is 17.1 Å². The molecule has 1 amide bonds. The molecular formula is C31H39N7O3. The van der Waals surface area contributed by atoms with E-state index in [9.17, 15) is 4.79 Å². The number of pyridine rings is 1. The van der Waals surface area contributed by atoms with Gasteiger partial charge in [-0.15, -0.1) is 0 Å². The lowest BCUT2D eigenvalue weighted by Crippen LogP contribution is -2.50. The summed E-state index contributed by atoms with van der Waals surface area (Å²) in [6.45, 7) is 12.6. The smallest absolute Gasteiger partial charge is 0.410 e. The summed E-state index contributed by atoms with van der Waals surface area (Å²) >= 11 is 0. The van der Waals surface area contributed by atoms with Gasteiger partial charge in [0.1, 0.15) is 18.0 Å². The minimum absolute atomic E-state index is 0.243. The molecule has 0 aliphatic carbocycles. The molecule has 4 heterocycles. The highest BCUT2D eigenvalue weighted by Gasteiger charge is 2.25. The Morgan fingerprint density at radius 1 is 1.02 bits per heavy atom. The van der Waals surface area contributed by atoms with Crippen LogP contribution in [0.4, 0.5) is 10.6 Å². The molecule has 1 aromatic carbocycles. The van der Waals surface area contributed by atoms with Crippen molar-refractivity contribution in [2.24, 2.45) is 0 Å². The van der Waals surface area contributed by atoms with E-state index in [0.29, 0.717) is 32.1 Å². The van der Waals surface area contributed by atoms with Crippen molar-refractivity contribution in [2.75, 3.05) is 44.6 Å². The number of rotatable bonds is 9. The molecule has 216 valence electrons. The molecule has 0 atom stereocenters. The molecule has 1 fully saturated rings. The first kappa shape index (κ1) is 28.4. The number of carbonyl (C=O) groups excluding carboxylic acids is 1. The molecule has 1 N–H and O–H groups in total. The normalized spacial score (nSPS) is 14.3. The minimum Gasteiger partial charge on any atom is -0.476 e. The van der Waals surface area contributed by atoms with Crippen LogP contribution in [0.15, 0.2) is 60.9 Å². The molecule has 5 rings (SSSR count). The number of carbonyl (C=O) groups is 1. The average molecular weight is 558 g/mol. The summed E-state index contributed by atoms with van der Waals surface area (Å²) in [5.41, 5.74) is 4.50. The highest BCUT2D eigenvalue weighted by molar-refractivity contribution is 5.68. The predicted octanol–water partition coefficient (Wildman–Crippen LogP) is 4.90. The molecule has 1 aliphatic heterocycles. The Hall–Kier alpha value is -4.18. The van der Waals surface area contributed by atoms with Gasteiger partial charge in [0, 0.05) is 68.7 Å². The number of fused-ring (bicyclic) bond motifs is 1. The van der Waals surface area contributed by atoms with E-state index in [2.05, 4.69) is 39.4 Å². The van der Waals surface area contributed by atoms with Crippen LogP contribution < -0.4 is 10.1 Å². The summed E-state index contributed by atoms with van der Waals surface area (Å²) in [5, 5.41) is 8.09. The van der Waals surface area contributed by atoms with Crippen molar-refractivity contribution >= 4 is 17.6 Å². The molecule has 0 spiro atoms. The van der Waals surface area contributed by atoms with Crippen LogP contribution in [0.2, 0.25) is 0 Å². The number of benzene rings is 1. The summed E-state index contributed by atoms with van der Waals surface area (Å²) in [7, 11) is 0. The Bertz CT molecular complexity index is 1440. The number of nitrogens with one attached hydrogen (secondary N) is 1. The van der Waals surface area contributed by atoms with Gasteiger partial charge in [-0.05, 0) is 32.8 Å². The SMILES string of the molecule is CCc1cnn2c(NCc3ccc(OCCN4CCN(C(=O)OC(C)(C)C)CC4)nc3)cc(-c3ccccc3)nc12. The number of ether oxygens (including phenoxy) is 2. The molecule has 0 saturated carbocycles. The van der Waals surface area contributed by atoms with E-state index in [4.69, 9.17) is 14.5 Å². The second kappa shape index (κ2) is 12.6. The Morgan fingerprint density at radius 3 is 2.49 bits per heavy atom. The zero-order valence-electron chi connectivity index (χ0n) is 24.3. The first-order valence-corrected chi connectivity index (χ1v) is 14.2. The number of aryl methyl sites for hydroxylation is 1. The highest BCUT2D eigenvalue weighted by atomic mass is 16.6. The highest BCUT2D eigenvalue weighted by Crippen LogP contribution is 2.24. The van der Waals surface area contributed by atoms with Crippen LogP contribution in [0.25, 0.3) is 16.9 Å². The zero-order valence-corrected chi connectivity index (χ0v) is 24.3. The summed E-state index contributed by atoms with van der Waals surface area (Å²) in [6.07, 6.45) is 4.34. The first-order valence-electron chi connectivity index (χ1n) is 14.2. The van der Waals surface area contributed by atoms with Crippen LogP contribution in [0.3, 0.4) is 0 Å². The largest absolute Gasteiger partial charge is 0.476 e. The molecule has 0 unspecified atom stereocenters. The Morgan fingerprint density at radius 2 is 1.80 bits per heavy atom. The van der Waals surface area contributed by atoms with Gasteiger partial charge in [-0.3, -0.25) is 4.90 Å². The molecule has 10 heteroatoms. The van der Waals surface area contributed by atoms with Crippen molar-refractivity contribution in [1.29, 1.82) is 0 Å². The van der Waals surface area contributed by atoms with E-state index in [0.717, 1.165) is 59.9 Å². The molecule has 1 saturated heterocycles. The van der Waals surface area contributed by atoms with Crippen molar-refractivity contribution in [3.63, 3.8) is 0 Å².